The molecule has 1 atom stereocenters. The summed E-state index contributed by atoms with van der Waals surface area (Å²) in [5.41, 5.74) is 5.98. The van der Waals surface area contributed by atoms with Gasteiger partial charge in [-0.3, -0.25) is 4.79 Å². The Bertz CT molecular complexity index is 189. The maximum Gasteiger partial charge on any atom is 0.223 e. The maximum atomic E-state index is 11.4. The summed E-state index contributed by atoms with van der Waals surface area (Å²) in [7, 11) is 3.53. The Hall–Kier alpha value is -0.610. The summed E-state index contributed by atoms with van der Waals surface area (Å²) >= 11 is 0. The Morgan fingerprint density at radius 2 is 2.07 bits per heavy atom. The third kappa shape index (κ3) is 3.27. The molecule has 0 saturated carbocycles. The minimum absolute atomic E-state index is 0.00574. The van der Waals surface area contributed by atoms with E-state index < -0.39 is 0 Å². The van der Waals surface area contributed by atoms with Crippen molar-refractivity contribution in [2.45, 2.75) is 25.3 Å². The van der Waals surface area contributed by atoms with Gasteiger partial charge in [0.2, 0.25) is 5.91 Å². The molecular weight excluding hydrogens is 180 g/mol. The lowest BCUT2D eigenvalue weighted by molar-refractivity contribution is -0.129. The number of nitrogens with two attached hydrogens (primary N) is 1. The molecule has 1 aliphatic heterocycles. The van der Waals surface area contributed by atoms with Crippen LogP contribution in [0.15, 0.2) is 0 Å². The van der Waals surface area contributed by atoms with Crippen LogP contribution in [0.25, 0.3) is 0 Å². The lowest BCUT2D eigenvalue weighted by Crippen LogP contribution is -2.38. The Morgan fingerprint density at radius 1 is 1.50 bits per heavy atom. The van der Waals surface area contributed by atoms with Crippen molar-refractivity contribution in [2.75, 3.05) is 27.3 Å². The molecule has 1 rings (SSSR count). The van der Waals surface area contributed by atoms with Crippen molar-refractivity contribution in [3.8, 4) is 0 Å². The highest BCUT2D eigenvalue weighted by Crippen LogP contribution is 2.19. The van der Waals surface area contributed by atoms with E-state index in [9.17, 15) is 4.79 Å². The summed E-state index contributed by atoms with van der Waals surface area (Å²) in [5, 5.41) is 0. The van der Waals surface area contributed by atoms with Crippen LogP contribution in [-0.2, 0) is 9.53 Å². The standard InChI is InChI=1S/C10H20N2O2/c1-12(2)10(13)7-9(11)8-3-5-14-6-4-8/h8-9H,3-7,11H2,1-2H3. The molecular formula is C10H20N2O2. The lowest BCUT2D eigenvalue weighted by atomic mass is 9.90. The lowest BCUT2D eigenvalue weighted by Gasteiger charge is -2.27. The van der Waals surface area contributed by atoms with Crippen LogP contribution < -0.4 is 5.73 Å². The average molecular weight is 200 g/mol. The number of carbonyl (C=O) groups excluding carboxylic acids is 1. The molecule has 0 radical (unpaired) electrons. The van der Waals surface area contributed by atoms with Gasteiger partial charge in [0, 0.05) is 39.8 Å². The van der Waals surface area contributed by atoms with Gasteiger partial charge in [-0.2, -0.15) is 0 Å². The highest BCUT2D eigenvalue weighted by atomic mass is 16.5. The zero-order valence-electron chi connectivity index (χ0n) is 9.03. The average Bonchev–Trinajstić information content (AvgIpc) is 2.19. The molecule has 0 bridgehead atoms. The van der Waals surface area contributed by atoms with Gasteiger partial charge in [-0.1, -0.05) is 0 Å². The molecule has 4 heteroatoms. The minimum Gasteiger partial charge on any atom is -0.381 e. The van der Waals surface area contributed by atoms with E-state index in [-0.39, 0.29) is 11.9 Å². The second kappa shape index (κ2) is 5.32. The Morgan fingerprint density at radius 3 is 2.57 bits per heavy atom. The molecule has 1 unspecified atom stereocenters. The van der Waals surface area contributed by atoms with E-state index in [0.29, 0.717) is 12.3 Å². The van der Waals surface area contributed by atoms with E-state index in [4.69, 9.17) is 10.5 Å². The number of rotatable bonds is 3. The fourth-order valence-electron chi connectivity index (χ4n) is 1.69. The number of carbonyl (C=O) groups is 1. The molecule has 1 heterocycles. The third-order valence-corrected chi connectivity index (χ3v) is 2.78. The van der Waals surface area contributed by atoms with Crippen molar-refractivity contribution in [3.63, 3.8) is 0 Å². The maximum absolute atomic E-state index is 11.4. The fraction of sp³-hybridized carbons (Fsp3) is 0.900. The first-order chi connectivity index (χ1) is 6.61. The highest BCUT2D eigenvalue weighted by Gasteiger charge is 2.23. The zero-order chi connectivity index (χ0) is 10.6. The van der Waals surface area contributed by atoms with Gasteiger partial charge in [0.05, 0.1) is 0 Å². The molecule has 0 aromatic heterocycles. The smallest absolute Gasteiger partial charge is 0.223 e. The summed E-state index contributed by atoms with van der Waals surface area (Å²) < 4.78 is 5.25. The molecule has 14 heavy (non-hydrogen) atoms. The van der Waals surface area contributed by atoms with E-state index in [1.165, 1.54) is 0 Å². The van der Waals surface area contributed by atoms with Gasteiger partial charge in [0.25, 0.3) is 0 Å². The van der Waals surface area contributed by atoms with Crippen LogP contribution >= 0.6 is 0 Å². The van der Waals surface area contributed by atoms with Crippen molar-refractivity contribution in [1.82, 2.24) is 4.90 Å². The van der Waals surface area contributed by atoms with Crippen LogP contribution in [0.3, 0.4) is 0 Å². The topological polar surface area (TPSA) is 55.6 Å². The van der Waals surface area contributed by atoms with E-state index >= 15 is 0 Å². The van der Waals surface area contributed by atoms with Crippen LogP contribution in [-0.4, -0.2) is 44.2 Å². The SMILES string of the molecule is CN(C)C(=O)CC(N)C1CCOCC1. The van der Waals surface area contributed by atoms with Gasteiger partial charge >= 0.3 is 0 Å². The number of amides is 1. The first-order valence-electron chi connectivity index (χ1n) is 5.14. The van der Waals surface area contributed by atoms with Crippen LogP contribution in [0.1, 0.15) is 19.3 Å². The van der Waals surface area contributed by atoms with Gasteiger partial charge in [-0.05, 0) is 18.8 Å². The van der Waals surface area contributed by atoms with Crippen molar-refractivity contribution < 1.29 is 9.53 Å². The molecule has 82 valence electrons. The molecule has 1 aliphatic rings. The molecule has 0 aromatic carbocycles. The van der Waals surface area contributed by atoms with Gasteiger partial charge in [-0.25, -0.2) is 0 Å². The van der Waals surface area contributed by atoms with Crippen LogP contribution in [0, 0.1) is 5.92 Å². The third-order valence-electron chi connectivity index (χ3n) is 2.78. The minimum atomic E-state index is -0.00574. The molecule has 0 aromatic rings. The Kier molecular flexibility index (Phi) is 4.35. The second-order valence-corrected chi connectivity index (χ2v) is 4.11. The van der Waals surface area contributed by atoms with Gasteiger partial charge < -0.3 is 15.4 Å². The van der Waals surface area contributed by atoms with Gasteiger partial charge in [0.15, 0.2) is 0 Å². The predicted octanol–water partition coefficient (Wildman–Crippen LogP) is 0.219. The van der Waals surface area contributed by atoms with Crippen LogP contribution in [0.5, 0.6) is 0 Å². The molecule has 1 fully saturated rings. The van der Waals surface area contributed by atoms with E-state index in [1.54, 1.807) is 19.0 Å². The predicted molar refractivity (Wildman–Crippen MR) is 54.8 cm³/mol. The monoisotopic (exact) mass is 200 g/mol. The fourth-order valence-corrected chi connectivity index (χ4v) is 1.69. The quantitative estimate of drug-likeness (QED) is 0.709. The van der Waals surface area contributed by atoms with E-state index in [0.717, 1.165) is 26.1 Å². The normalized spacial score (nSPS) is 20.5. The number of nitrogens with zero attached hydrogens (tertiary/aromatic N) is 1. The van der Waals surface area contributed by atoms with Gasteiger partial charge in [-0.15, -0.1) is 0 Å². The van der Waals surface area contributed by atoms with Gasteiger partial charge in [0.1, 0.15) is 0 Å². The highest BCUT2D eigenvalue weighted by molar-refractivity contribution is 5.76. The molecule has 1 amide bonds. The Balaban J connectivity index is 2.32. The van der Waals surface area contributed by atoms with Crippen molar-refractivity contribution in [1.29, 1.82) is 0 Å². The van der Waals surface area contributed by atoms with Crippen molar-refractivity contribution in [2.24, 2.45) is 11.7 Å². The van der Waals surface area contributed by atoms with Crippen molar-refractivity contribution >= 4 is 5.91 Å². The summed E-state index contributed by atoms with van der Waals surface area (Å²) in [5.74, 6) is 0.566. The van der Waals surface area contributed by atoms with E-state index in [1.807, 2.05) is 0 Å². The first kappa shape index (κ1) is 11.5. The van der Waals surface area contributed by atoms with Crippen LogP contribution in [0.4, 0.5) is 0 Å². The summed E-state index contributed by atoms with van der Waals surface area (Å²) in [6, 6.07) is -0.00574. The number of hydrogen-bond acceptors (Lipinski definition) is 3. The molecule has 0 aliphatic carbocycles. The molecule has 0 spiro atoms. The zero-order valence-corrected chi connectivity index (χ0v) is 9.03. The molecule has 1 saturated heterocycles. The summed E-state index contributed by atoms with van der Waals surface area (Å²) in [4.78, 5) is 13.0. The largest absolute Gasteiger partial charge is 0.381 e. The summed E-state index contributed by atoms with van der Waals surface area (Å²) in [6.45, 7) is 1.57. The number of hydrogen-bond donors (Lipinski definition) is 1. The van der Waals surface area contributed by atoms with Crippen LogP contribution in [0.2, 0.25) is 0 Å². The molecule has 4 nitrogen and oxygen atoms in total. The number of ether oxygens (including phenoxy) is 1. The summed E-state index contributed by atoms with van der Waals surface area (Å²) in [6.07, 6.45) is 2.43. The van der Waals surface area contributed by atoms with Crippen molar-refractivity contribution in [3.05, 3.63) is 0 Å². The van der Waals surface area contributed by atoms with E-state index in [2.05, 4.69) is 0 Å². The molecule has 2 N–H and O–H groups in total. The first-order valence-corrected chi connectivity index (χ1v) is 5.14. The second-order valence-electron chi connectivity index (χ2n) is 4.11. The Labute approximate surface area is 85.4 Å².